The van der Waals surface area contributed by atoms with Gasteiger partial charge in [0, 0.05) is 18.1 Å². The van der Waals surface area contributed by atoms with Crippen molar-refractivity contribution in [3.63, 3.8) is 0 Å². The predicted molar refractivity (Wildman–Crippen MR) is 123 cm³/mol. The summed E-state index contributed by atoms with van der Waals surface area (Å²) in [5.41, 5.74) is 5.26. The van der Waals surface area contributed by atoms with E-state index in [0.29, 0.717) is 0 Å². The molecule has 29 heavy (non-hydrogen) atoms. The largest absolute Gasteiger partial charge is 0.497 e. The molecule has 2 aromatic carbocycles. The smallest absolute Gasteiger partial charge is 0.119 e. The van der Waals surface area contributed by atoms with Crippen LogP contribution in [0.25, 0.3) is 10.9 Å². The first-order valence-corrected chi connectivity index (χ1v) is 11.0. The van der Waals surface area contributed by atoms with Gasteiger partial charge in [0.1, 0.15) is 5.75 Å². The topological polar surface area (TPSA) is 34.1 Å². The zero-order valence-corrected chi connectivity index (χ0v) is 17.9. The molecule has 3 aromatic rings. The van der Waals surface area contributed by atoms with Crippen LogP contribution in [0.5, 0.6) is 5.75 Å². The van der Waals surface area contributed by atoms with Crippen molar-refractivity contribution in [3.8, 4) is 5.75 Å². The number of fused-ring (bicyclic) bond motifs is 1. The third kappa shape index (κ3) is 6.30. The standard InChI is InChI=1S/C26H34N2O/c1-3-17-27-20-23-16-15-22(25-14-9-18-28-26(23)25)12-7-5-4-6-10-21-11-8-13-24(19-21)29-2/h8-9,11,13-16,18-19,27H,3-7,10,12,17,20H2,1-2H3. The van der Waals surface area contributed by atoms with Crippen molar-refractivity contribution >= 4 is 10.9 Å². The van der Waals surface area contributed by atoms with Gasteiger partial charge >= 0.3 is 0 Å². The van der Waals surface area contributed by atoms with E-state index in [2.05, 4.69) is 59.7 Å². The second-order valence-corrected chi connectivity index (χ2v) is 7.73. The van der Waals surface area contributed by atoms with E-state index >= 15 is 0 Å². The number of nitrogens with zero attached hydrogens (tertiary/aromatic N) is 1. The number of benzene rings is 2. The molecule has 0 saturated heterocycles. The van der Waals surface area contributed by atoms with Crippen LogP contribution in [0.1, 0.15) is 55.7 Å². The molecule has 0 unspecified atom stereocenters. The van der Waals surface area contributed by atoms with Crippen LogP contribution in [0.3, 0.4) is 0 Å². The van der Waals surface area contributed by atoms with E-state index in [0.717, 1.165) is 43.6 Å². The number of pyridine rings is 1. The van der Waals surface area contributed by atoms with Crippen LogP contribution in [-0.4, -0.2) is 18.6 Å². The lowest BCUT2D eigenvalue weighted by Crippen LogP contribution is -2.14. The molecule has 1 heterocycles. The van der Waals surface area contributed by atoms with Crippen molar-refractivity contribution in [1.29, 1.82) is 0 Å². The van der Waals surface area contributed by atoms with Gasteiger partial charge < -0.3 is 10.1 Å². The number of aryl methyl sites for hydroxylation is 2. The van der Waals surface area contributed by atoms with E-state index < -0.39 is 0 Å². The molecule has 0 aliphatic rings. The van der Waals surface area contributed by atoms with Gasteiger partial charge in [-0.15, -0.1) is 0 Å². The minimum atomic E-state index is 0.895. The molecule has 0 bridgehead atoms. The van der Waals surface area contributed by atoms with Gasteiger partial charge in [-0.3, -0.25) is 4.98 Å². The molecule has 0 aliphatic heterocycles. The second kappa shape index (κ2) is 11.6. The van der Waals surface area contributed by atoms with Crippen molar-refractivity contribution < 1.29 is 4.74 Å². The third-order valence-corrected chi connectivity index (χ3v) is 5.48. The van der Waals surface area contributed by atoms with Crippen LogP contribution in [0, 0.1) is 0 Å². The number of aromatic nitrogens is 1. The maximum Gasteiger partial charge on any atom is 0.119 e. The highest BCUT2D eigenvalue weighted by molar-refractivity contribution is 5.85. The van der Waals surface area contributed by atoms with Crippen LogP contribution in [0.15, 0.2) is 54.7 Å². The van der Waals surface area contributed by atoms with Crippen molar-refractivity contribution in [2.75, 3.05) is 13.7 Å². The van der Waals surface area contributed by atoms with Crippen molar-refractivity contribution in [2.24, 2.45) is 0 Å². The van der Waals surface area contributed by atoms with Crippen molar-refractivity contribution in [1.82, 2.24) is 10.3 Å². The van der Waals surface area contributed by atoms with E-state index in [4.69, 9.17) is 4.74 Å². The van der Waals surface area contributed by atoms with Gasteiger partial charge in [-0.2, -0.15) is 0 Å². The number of hydrogen-bond donors (Lipinski definition) is 1. The van der Waals surface area contributed by atoms with Gasteiger partial charge in [0.05, 0.1) is 12.6 Å². The molecule has 3 nitrogen and oxygen atoms in total. The van der Waals surface area contributed by atoms with E-state index in [-0.39, 0.29) is 0 Å². The molecule has 0 amide bonds. The van der Waals surface area contributed by atoms with E-state index in [9.17, 15) is 0 Å². The minimum absolute atomic E-state index is 0.895. The van der Waals surface area contributed by atoms with Gasteiger partial charge in [-0.05, 0) is 73.5 Å². The molecule has 0 fully saturated rings. The fraction of sp³-hybridized carbons (Fsp3) is 0.423. The first-order chi connectivity index (χ1) is 14.3. The number of ether oxygens (including phenoxy) is 1. The molecule has 0 saturated carbocycles. The summed E-state index contributed by atoms with van der Waals surface area (Å²) in [5, 5.41) is 4.82. The molecule has 154 valence electrons. The Hall–Kier alpha value is -2.39. The lowest BCUT2D eigenvalue weighted by molar-refractivity contribution is 0.414. The molecule has 3 heteroatoms. The van der Waals surface area contributed by atoms with Crippen LogP contribution in [-0.2, 0) is 19.4 Å². The number of nitrogens with one attached hydrogen (secondary N) is 1. The average molecular weight is 391 g/mol. The number of unbranched alkanes of at least 4 members (excludes halogenated alkanes) is 3. The summed E-state index contributed by atoms with van der Waals surface area (Å²) < 4.78 is 5.31. The number of methoxy groups -OCH3 is 1. The summed E-state index contributed by atoms with van der Waals surface area (Å²) >= 11 is 0. The lowest BCUT2D eigenvalue weighted by Gasteiger charge is -2.11. The van der Waals surface area contributed by atoms with Crippen LogP contribution in [0.2, 0.25) is 0 Å². The molecule has 3 rings (SSSR count). The summed E-state index contributed by atoms with van der Waals surface area (Å²) in [7, 11) is 1.73. The maximum absolute atomic E-state index is 5.31. The summed E-state index contributed by atoms with van der Waals surface area (Å²) in [4.78, 5) is 4.68. The summed E-state index contributed by atoms with van der Waals surface area (Å²) in [6.45, 7) is 4.14. The Labute approximate surface area is 175 Å². The predicted octanol–water partition coefficient (Wildman–Crippen LogP) is 6.09. The molecular weight excluding hydrogens is 356 g/mol. The zero-order chi connectivity index (χ0) is 20.3. The SMILES string of the molecule is CCCNCc1ccc(CCCCCCc2cccc(OC)c2)c2cccnc12. The third-order valence-electron chi connectivity index (χ3n) is 5.48. The van der Waals surface area contributed by atoms with Crippen LogP contribution in [0.4, 0.5) is 0 Å². The second-order valence-electron chi connectivity index (χ2n) is 7.73. The van der Waals surface area contributed by atoms with Gasteiger partial charge in [-0.1, -0.05) is 50.1 Å². The molecule has 1 N–H and O–H groups in total. The van der Waals surface area contributed by atoms with Gasteiger partial charge in [0.15, 0.2) is 0 Å². The van der Waals surface area contributed by atoms with Gasteiger partial charge in [0.25, 0.3) is 0 Å². The zero-order valence-electron chi connectivity index (χ0n) is 17.9. The highest BCUT2D eigenvalue weighted by Crippen LogP contribution is 2.23. The molecular formula is C26H34N2O. The van der Waals surface area contributed by atoms with Crippen LogP contribution < -0.4 is 10.1 Å². The number of hydrogen-bond acceptors (Lipinski definition) is 3. The Morgan fingerprint density at radius 1 is 0.897 bits per heavy atom. The monoisotopic (exact) mass is 390 g/mol. The van der Waals surface area contributed by atoms with Crippen molar-refractivity contribution in [2.45, 2.75) is 58.4 Å². The van der Waals surface area contributed by atoms with E-state index in [1.165, 1.54) is 47.8 Å². The fourth-order valence-corrected chi connectivity index (χ4v) is 3.88. The quantitative estimate of drug-likeness (QED) is 0.380. The Balaban J connectivity index is 1.48. The minimum Gasteiger partial charge on any atom is -0.497 e. The van der Waals surface area contributed by atoms with Crippen molar-refractivity contribution in [3.05, 3.63) is 71.4 Å². The molecule has 1 aromatic heterocycles. The Morgan fingerprint density at radius 3 is 2.55 bits per heavy atom. The van der Waals surface area contributed by atoms with Gasteiger partial charge in [-0.25, -0.2) is 0 Å². The summed E-state index contributed by atoms with van der Waals surface area (Å²) in [6.07, 6.45) is 10.3. The molecule has 0 atom stereocenters. The van der Waals surface area contributed by atoms with Crippen LogP contribution >= 0.6 is 0 Å². The molecule has 0 spiro atoms. The first-order valence-electron chi connectivity index (χ1n) is 11.0. The average Bonchev–Trinajstić information content (AvgIpc) is 2.77. The Kier molecular flexibility index (Phi) is 8.51. The maximum atomic E-state index is 5.31. The summed E-state index contributed by atoms with van der Waals surface area (Å²) in [5.74, 6) is 0.955. The Morgan fingerprint density at radius 2 is 1.72 bits per heavy atom. The van der Waals surface area contributed by atoms with Gasteiger partial charge in [0.2, 0.25) is 0 Å². The highest BCUT2D eigenvalue weighted by atomic mass is 16.5. The molecule has 0 radical (unpaired) electrons. The highest BCUT2D eigenvalue weighted by Gasteiger charge is 2.07. The molecule has 0 aliphatic carbocycles. The number of rotatable bonds is 12. The fourth-order valence-electron chi connectivity index (χ4n) is 3.88. The summed E-state index contributed by atoms with van der Waals surface area (Å²) in [6, 6.07) is 17.3. The normalized spacial score (nSPS) is 11.1. The first kappa shape index (κ1) is 21.3. The lowest BCUT2D eigenvalue weighted by atomic mass is 9.98. The van der Waals surface area contributed by atoms with E-state index in [1.807, 2.05) is 12.3 Å². The van der Waals surface area contributed by atoms with E-state index in [1.54, 1.807) is 7.11 Å². The Bertz CT molecular complexity index is 891.